The number of anilines is 1. The van der Waals surface area contributed by atoms with Gasteiger partial charge in [-0.25, -0.2) is 4.79 Å². The lowest BCUT2D eigenvalue weighted by Crippen LogP contribution is -2.14. The molecule has 1 aromatic carbocycles. The Morgan fingerprint density at radius 3 is 2.88 bits per heavy atom. The summed E-state index contributed by atoms with van der Waals surface area (Å²) in [5, 5.41) is 5.90. The summed E-state index contributed by atoms with van der Waals surface area (Å²) in [4.78, 5) is 11.2. The van der Waals surface area contributed by atoms with Gasteiger partial charge in [0.05, 0.1) is 6.61 Å². The first kappa shape index (κ1) is 12.5. The summed E-state index contributed by atoms with van der Waals surface area (Å²) in [7, 11) is 0. The molecule has 0 saturated carbocycles. The van der Waals surface area contributed by atoms with E-state index >= 15 is 0 Å². The van der Waals surface area contributed by atoms with Crippen molar-refractivity contribution in [1.29, 1.82) is 0 Å². The van der Waals surface area contributed by atoms with Crippen LogP contribution in [0, 0.1) is 0 Å². The van der Waals surface area contributed by atoms with Gasteiger partial charge < -0.3 is 10.1 Å². The van der Waals surface area contributed by atoms with Crippen LogP contribution in [0.4, 0.5) is 10.5 Å². The van der Waals surface area contributed by atoms with Crippen molar-refractivity contribution in [2.45, 2.75) is 20.4 Å². The van der Waals surface area contributed by atoms with Gasteiger partial charge in [0.15, 0.2) is 0 Å². The minimum Gasteiger partial charge on any atom is -0.450 e. The third-order valence-corrected chi connectivity index (χ3v) is 2.03. The number of ether oxygens (including phenoxy) is 1. The zero-order valence-electron chi connectivity index (χ0n) is 9.75. The molecule has 0 atom stereocenters. The summed E-state index contributed by atoms with van der Waals surface area (Å²) in [5.74, 6) is 0. The van der Waals surface area contributed by atoms with Crippen molar-refractivity contribution in [3.63, 3.8) is 0 Å². The molecular weight excluding hydrogens is 204 g/mol. The smallest absolute Gasteiger partial charge is 0.411 e. The predicted molar refractivity (Wildman–Crippen MR) is 64.5 cm³/mol. The zero-order chi connectivity index (χ0) is 11.8. The summed E-state index contributed by atoms with van der Waals surface area (Å²) >= 11 is 0. The van der Waals surface area contributed by atoms with E-state index in [4.69, 9.17) is 4.74 Å². The molecule has 4 heteroatoms. The maximum Gasteiger partial charge on any atom is 0.411 e. The summed E-state index contributed by atoms with van der Waals surface area (Å²) in [6, 6.07) is 7.69. The highest BCUT2D eigenvalue weighted by Gasteiger charge is 2.01. The van der Waals surface area contributed by atoms with Gasteiger partial charge in [-0.05, 0) is 31.2 Å². The van der Waals surface area contributed by atoms with E-state index in [2.05, 4.69) is 17.6 Å². The molecule has 0 heterocycles. The monoisotopic (exact) mass is 222 g/mol. The van der Waals surface area contributed by atoms with Crippen LogP contribution in [0.15, 0.2) is 24.3 Å². The summed E-state index contributed by atoms with van der Waals surface area (Å²) < 4.78 is 4.80. The van der Waals surface area contributed by atoms with Gasteiger partial charge in [-0.3, -0.25) is 5.32 Å². The molecule has 0 aliphatic carbocycles. The number of amides is 1. The molecule has 0 fully saturated rings. The lowest BCUT2D eigenvalue weighted by atomic mass is 10.2. The second kappa shape index (κ2) is 6.85. The topological polar surface area (TPSA) is 50.4 Å². The fraction of sp³-hybridized carbons (Fsp3) is 0.417. The predicted octanol–water partition coefficient (Wildman–Crippen LogP) is 2.36. The van der Waals surface area contributed by atoms with E-state index in [1.165, 1.54) is 0 Å². The second-order valence-corrected chi connectivity index (χ2v) is 3.33. The van der Waals surface area contributed by atoms with Crippen molar-refractivity contribution in [3.05, 3.63) is 29.8 Å². The van der Waals surface area contributed by atoms with E-state index in [0.717, 1.165) is 24.3 Å². The highest BCUT2D eigenvalue weighted by atomic mass is 16.5. The summed E-state index contributed by atoms with van der Waals surface area (Å²) in [6.07, 6.45) is -0.414. The third-order valence-electron chi connectivity index (χ3n) is 2.03. The standard InChI is InChI=1S/C12H18N2O2/c1-3-13-9-10-6-5-7-11(8-10)14-12(15)16-4-2/h5-8,13H,3-4,9H2,1-2H3,(H,14,15). The van der Waals surface area contributed by atoms with Crippen molar-refractivity contribution >= 4 is 11.8 Å². The molecule has 88 valence electrons. The molecule has 2 N–H and O–H groups in total. The van der Waals surface area contributed by atoms with Gasteiger partial charge in [-0.15, -0.1) is 0 Å². The Hall–Kier alpha value is -1.55. The van der Waals surface area contributed by atoms with Crippen LogP contribution >= 0.6 is 0 Å². The highest BCUT2D eigenvalue weighted by molar-refractivity contribution is 5.84. The highest BCUT2D eigenvalue weighted by Crippen LogP contribution is 2.10. The quantitative estimate of drug-likeness (QED) is 0.804. The van der Waals surface area contributed by atoms with E-state index in [1.807, 2.05) is 24.3 Å². The molecule has 0 aliphatic rings. The van der Waals surface area contributed by atoms with Gasteiger partial charge >= 0.3 is 6.09 Å². The first-order valence-corrected chi connectivity index (χ1v) is 5.49. The third kappa shape index (κ3) is 4.31. The van der Waals surface area contributed by atoms with E-state index in [-0.39, 0.29) is 0 Å². The molecule has 0 unspecified atom stereocenters. The fourth-order valence-corrected chi connectivity index (χ4v) is 1.31. The van der Waals surface area contributed by atoms with Gasteiger partial charge in [0.1, 0.15) is 0 Å². The Morgan fingerprint density at radius 2 is 2.19 bits per heavy atom. The molecular formula is C12H18N2O2. The van der Waals surface area contributed by atoms with E-state index in [0.29, 0.717) is 6.61 Å². The lowest BCUT2D eigenvalue weighted by molar-refractivity contribution is 0.168. The van der Waals surface area contributed by atoms with Crippen LogP contribution in [-0.4, -0.2) is 19.2 Å². The molecule has 0 spiro atoms. The minimum absolute atomic E-state index is 0.378. The van der Waals surface area contributed by atoms with Gasteiger partial charge in [0, 0.05) is 12.2 Å². The van der Waals surface area contributed by atoms with Gasteiger partial charge in [0.25, 0.3) is 0 Å². The molecule has 0 bridgehead atoms. The first-order chi connectivity index (χ1) is 7.76. The number of hydrogen-bond acceptors (Lipinski definition) is 3. The average Bonchev–Trinajstić information content (AvgIpc) is 2.27. The van der Waals surface area contributed by atoms with Crippen molar-refractivity contribution in [1.82, 2.24) is 5.32 Å². The van der Waals surface area contributed by atoms with E-state index < -0.39 is 6.09 Å². The molecule has 1 aromatic rings. The number of carbonyl (C=O) groups is 1. The molecule has 0 aliphatic heterocycles. The molecule has 1 amide bonds. The van der Waals surface area contributed by atoms with Crippen molar-refractivity contribution < 1.29 is 9.53 Å². The van der Waals surface area contributed by atoms with Crippen molar-refractivity contribution in [3.8, 4) is 0 Å². The average molecular weight is 222 g/mol. The molecule has 1 rings (SSSR count). The number of carbonyl (C=O) groups excluding carboxylic acids is 1. The number of benzene rings is 1. The molecule has 4 nitrogen and oxygen atoms in total. The van der Waals surface area contributed by atoms with E-state index in [9.17, 15) is 4.79 Å². The molecule has 0 saturated heterocycles. The summed E-state index contributed by atoms with van der Waals surface area (Å²) in [6.45, 7) is 5.94. The second-order valence-electron chi connectivity index (χ2n) is 3.33. The molecule has 0 radical (unpaired) electrons. The van der Waals surface area contributed by atoms with Crippen molar-refractivity contribution in [2.24, 2.45) is 0 Å². The number of hydrogen-bond donors (Lipinski definition) is 2. The van der Waals surface area contributed by atoms with Crippen LogP contribution in [0.5, 0.6) is 0 Å². The van der Waals surface area contributed by atoms with Gasteiger partial charge in [0.2, 0.25) is 0 Å². The lowest BCUT2D eigenvalue weighted by Gasteiger charge is -2.07. The van der Waals surface area contributed by atoms with Gasteiger partial charge in [-0.1, -0.05) is 19.1 Å². The van der Waals surface area contributed by atoms with Crippen LogP contribution < -0.4 is 10.6 Å². The Bertz CT molecular complexity index is 340. The first-order valence-electron chi connectivity index (χ1n) is 5.49. The Labute approximate surface area is 96.0 Å². The van der Waals surface area contributed by atoms with Crippen LogP contribution in [0.3, 0.4) is 0 Å². The summed E-state index contributed by atoms with van der Waals surface area (Å²) in [5.41, 5.74) is 1.89. The van der Waals surface area contributed by atoms with Crippen LogP contribution in [0.25, 0.3) is 0 Å². The number of nitrogens with one attached hydrogen (secondary N) is 2. The normalized spacial score (nSPS) is 9.88. The fourth-order valence-electron chi connectivity index (χ4n) is 1.31. The Morgan fingerprint density at radius 1 is 1.38 bits per heavy atom. The minimum atomic E-state index is -0.414. The Kier molecular flexibility index (Phi) is 5.36. The largest absolute Gasteiger partial charge is 0.450 e. The van der Waals surface area contributed by atoms with E-state index in [1.54, 1.807) is 6.92 Å². The van der Waals surface area contributed by atoms with Crippen LogP contribution in [-0.2, 0) is 11.3 Å². The SMILES string of the molecule is CCNCc1cccc(NC(=O)OCC)c1. The maximum absolute atomic E-state index is 11.2. The molecule has 16 heavy (non-hydrogen) atoms. The van der Waals surface area contributed by atoms with Gasteiger partial charge in [-0.2, -0.15) is 0 Å². The Balaban J connectivity index is 2.56. The van der Waals surface area contributed by atoms with Crippen LogP contribution in [0.1, 0.15) is 19.4 Å². The maximum atomic E-state index is 11.2. The zero-order valence-corrected chi connectivity index (χ0v) is 9.75. The molecule has 0 aromatic heterocycles. The van der Waals surface area contributed by atoms with Crippen molar-refractivity contribution in [2.75, 3.05) is 18.5 Å². The number of rotatable bonds is 5. The van der Waals surface area contributed by atoms with Crippen LogP contribution in [0.2, 0.25) is 0 Å².